The number of thiazole rings is 1. The van der Waals surface area contributed by atoms with Gasteiger partial charge in [0, 0.05) is 17.6 Å². The van der Waals surface area contributed by atoms with Gasteiger partial charge < -0.3 is 0 Å². The van der Waals surface area contributed by atoms with Crippen molar-refractivity contribution >= 4 is 22.4 Å². The quantitative estimate of drug-likeness (QED) is 0.899. The average molecular weight is 262 g/mol. The molecule has 2 aromatic rings. The molecule has 1 amide bonds. The van der Waals surface area contributed by atoms with Crippen LogP contribution in [0.2, 0.25) is 0 Å². The molecule has 0 bridgehead atoms. The number of fused-ring (bicyclic) bond motifs is 1. The van der Waals surface area contributed by atoms with Gasteiger partial charge in [0.15, 0.2) is 10.8 Å². The second-order valence-electron chi connectivity index (χ2n) is 4.49. The second kappa shape index (κ2) is 4.20. The monoisotopic (exact) mass is 262 g/mol. The van der Waals surface area contributed by atoms with E-state index in [9.17, 15) is 4.79 Å². The number of nitrogens with zero attached hydrogens (tertiary/aromatic N) is 3. The molecule has 2 heterocycles. The van der Waals surface area contributed by atoms with E-state index in [-0.39, 0.29) is 5.91 Å². The van der Waals surface area contributed by atoms with Gasteiger partial charge in [-0.1, -0.05) is 0 Å². The van der Waals surface area contributed by atoms with E-state index in [4.69, 9.17) is 0 Å². The summed E-state index contributed by atoms with van der Waals surface area (Å²) in [6.45, 7) is 1.92. The summed E-state index contributed by atoms with van der Waals surface area (Å²) in [7, 11) is 1.82. The van der Waals surface area contributed by atoms with Crippen molar-refractivity contribution in [3.63, 3.8) is 0 Å². The van der Waals surface area contributed by atoms with Crippen LogP contribution in [0.25, 0.3) is 0 Å². The molecule has 1 N–H and O–H groups in total. The summed E-state index contributed by atoms with van der Waals surface area (Å²) in [6, 6.07) is 1.77. The zero-order chi connectivity index (χ0) is 12.7. The van der Waals surface area contributed by atoms with E-state index >= 15 is 0 Å². The lowest BCUT2D eigenvalue weighted by Crippen LogP contribution is -2.12. The van der Waals surface area contributed by atoms with Crippen molar-refractivity contribution in [2.75, 3.05) is 5.32 Å². The maximum Gasteiger partial charge on any atom is 0.277 e. The van der Waals surface area contributed by atoms with Crippen LogP contribution in [-0.2, 0) is 19.9 Å². The van der Waals surface area contributed by atoms with Crippen molar-refractivity contribution in [2.45, 2.75) is 26.2 Å². The zero-order valence-corrected chi connectivity index (χ0v) is 11.2. The minimum atomic E-state index is -0.189. The third-order valence-electron chi connectivity index (χ3n) is 3.16. The van der Waals surface area contributed by atoms with Crippen LogP contribution in [0.15, 0.2) is 6.07 Å². The topological polar surface area (TPSA) is 59.8 Å². The van der Waals surface area contributed by atoms with Crippen LogP contribution >= 0.6 is 11.3 Å². The van der Waals surface area contributed by atoms with Crippen molar-refractivity contribution < 1.29 is 4.79 Å². The molecule has 6 heteroatoms. The minimum absolute atomic E-state index is 0.189. The second-order valence-corrected chi connectivity index (χ2v) is 5.57. The summed E-state index contributed by atoms with van der Waals surface area (Å²) < 4.78 is 1.69. The van der Waals surface area contributed by atoms with Gasteiger partial charge in [0.1, 0.15) is 0 Å². The lowest BCUT2D eigenvalue weighted by Gasteiger charge is -1.97. The number of nitrogens with one attached hydrogen (secondary N) is 1. The smallest absolute Gasteiger partial charge is 0.277 e. The molecule has 0 fully saturated rings. The lowest BCUT2D eigenvalue weighted by atomic mass is 10.3. The number of anilines is 1. The summed E-state index contributed by atoms with van der Waals surface area (Å²) in [5.74, 6) is -0.189. The first-order chi connectivity index (χ1) is 8.63. The Labute approximate surface area is 109 Å². The largest absolute Gasteiger partial charge is 0.296 e. The lowest BCUT2D eigenvalue weighted by molar-refractivity contribution is 0.102. The fourth-order valence-corrected chi connectivity index (χ4v) is 3.12. The molecule has 5 nitrogen and oxygen atoms in total. The van der Waals surface area contributed by atoms with Gasteiger partial charge in [-0.25, -0.2) is 4.98 Å². The number of hydrogen-bond acceptors (Lipinski definition) is 4. The van der Waals surface area contributed by atoms with Gasteiger partial charge in [-0.05, 0) is 32.3 Å². The molecule has 0 saturated heterocycles. The van der Waals surface area contributed by atoms with E-state index in [0.29, 0.717) is 10.8 Å². The van der Waals surface area contributed by atoms with E-state index in [1.165, 1.54) is 11.3 Å². The van der Waals surface area contributed by atoms with Crippen LogP contribution < -0.4 is 5.32 Å². The highest BCUT2D eigenvalue weighted by molar-refractivity contribution is 7.15. The number of rotatable bonds is 2. The molecule has 1 aliphatic rings. The first-order valence-corrected chi connectivity index (χ1v) is 6.75. The van der Waals surface area contributed by atoms with Crippen LogP contribution in [0.4, 0.5) is 5.13 Å². The van der Waals surface area contributed by atoms with Crippen molar-refractivity contribution in [1.29, 1.82) is 0 Å². The Kier molecular flexibility index (Phi) is 2.66. The Morgan fingerprint density at radius 1 is 1.50 bits per heavy atom. The van der Waals surface area contributed by atoms with Gasteiger partial charge in [-0.3, -0.25) is 14.8 Å². The molecule has 3 rings (SSSR count). The van der Waals surface area contributed by atoms with E-state index in [2.05, 4.69) is 15.4 Å². The Morgan fingerprint density at radius 2 is 2.33 bits per heavy atom. The fourth-order valence-electron chi connectivity index (χ4n) is 2.08. The van der Waals surface area contributed by atoms with Crippen molar-refractivity contribution in [1.82, 2.24) is 14.8 Å². The van der Waals surface area contributed by atoms with Crippen LogP contribution in [0.1, 0.15) is 33.2 Å². The van der Waals surface area contributed by atoms with Crippen molar-refractivity contribution in [3.05, 3.63) is 28.0 Å². The summed E-state index contributed by atoms with van der Waals surface area (Å²) in [5.41, 5.74) is 2.54. The highest BCUT2D eigenvalue weighted by atomic mass is 32.1. The summed E-state index contributed by atoms with van der Waals surface area (Å²) in [5, 5.41) is 7.66. The van der Waals surface area contributed by atoms with Gasteiger partial charge in [-0.15, -0.1) is 11.3 Å². The molecule has 0 saturated carbocycles. The van der Waals surface area contributed by atoms with Gasteiger partial charge in [0.2, 0.25) is 0 Å². The molecule has 0 aromatic carbocycles. The van der Waals surface area contributed by atoms with Gasteiger partial charge in [0.05, 0.1) is 5.69 Å². The number of aromatic nitrogens is 3. The van der Waals surface area contributed by atoms with E-state index in [0.717, 1.165) is 24.2 Å². The van der Waals surface area contributed by atoms with E-state index in [1.54, 1.807) is 22.1 Å². The molecule has 0 spiro atoms. The SMILES string of the molecule is Cc1cc(C(=O)Nc2nc3c(s2)CCC3)nn1C. The Hall–Kier alpha value is -1.69. The predicted molar refractivity (Wildman–Crippen MR) is 70.0 cm³/mol. The van der Waals surface area contributed by atoms with Crippen LogP contribution in [0, 0.1) is 6.92 Å². The van der Waals surface area contributed by atoms with Crippen LogP contribution in [0.3, 0.4) is 0 Å². The summed E-state index contributed by atoms with van der Waals surface area (Å²) in [6.07, 6.45) is 3.30. The van der Waals surface area contributed by atoms with E-state index < -0.39 is 0 Å². The molecular formula is C12H14N4OS. The molecular weight excluding hydrogens is 248 g/mol. The molecule has 2 aromatic heterocycles. The zero-order valence-electron chi connectivity index (χ0n) is 10.4. The molecule has 0 atom stereocenters. The van der Waals surface area contributed by atoms with E-state index in [1.807, 2.05) is 14.0 Å². The van der Waals surface area contributed by atoms with Crippen LogP contribution in [-0.4, -0.2) is 20.7 Å². The number of hydrogen-bond donors (Lipinski definition) is 1. The fraction of sp³-hybridized carbons (Fsp3) is 0.417. The molecule has 18 heavy (non-hydrogen) atoms. The van der Waals surface area contributed by atoms with Gasteiger partial charge in [0.25, 0.3) is 5.91 Å². The standard InChI is InChI=1S/C12H14N4OS/c1-7-6-9(15-16(7)2)11(17)14-12-13-8-4-3-5-10(8)18-12/h6H,3-5H2,1-2H3,(H,13,14,17). The Bertz CT molecular complexity index is 573. The van der Waals surface area contributed by atoms with Crippen molar-refractivity contribution in [3.8, 4) is 0 Å². The molecule has 0 aliphatic heterocycles. The normalized spacial score (nSPS) is 13.7. The number of carbonyl (C=O) groups excluding carboxylic acids is 1. The van der Waals surface area contributed by atoms with Crippen molar-refractivity contribution in [2.24, 2.45) is 7.05 Å². The highest BCUT2D eigenvalue weighted by Crippen LogP contribution is 2.30. The van der Waals surface area contributed by atoms with Gasteiger partial charge in [-0.2, -0.15) is 5.10 Å². The highest BCUT2D eigenvalue weighted by Gasteiger charge is 2.19. The molecule has 94 valence electrons. The van der Waals surface area contributed by atoms with Crippen LogP contribution in [0.5, 0.6) is 0 Å². The summed E-state index contributed by atoms with van der Waals surface area (Å²) in [4.78, 5) is 17.7. The maximum absolute atomic E-state index is 12.0. The van der Waals surface area contributed by atoms with Gasteiger partial charge >= 0.3 is 0 Å². The minimum Gasteiger partial charge on any atom is -0.296 e. The predicted octanol–water partition coefficient (Wildman–Crippen LogP) is 1.93. The summed E-state index contributed by atoms with van der Waals surface area (Å²) >= 11 is 1.58. The first-order valence-electron chi connectivity index (χ1n) is 5.94. The molecule has 0 unspecified atom stereocenters. The third kappa shape index (κ3) is 1.92. The molecule has 1 aliphatic carbocycles. The average Bonchev–Trinajstić information content (AvgIpc) is 2.95. The number of carbonyl (C=O) groups is 1. The number of amides is 1. The first kappa shape index (κ1) is 11.4. The molecule has 0 radical (unpaired) electrons. The Balaban J connectivity index is 1.77. The maximum atomic E-state index is 12.0. The Morgan fingerprint density at radius 3 is 3.00 bits per heavy atom. The third-order valence-corrected chi connectivity index (χ3v) is 4.24. The number of aryl methyl sites for hydroxylation is 4.